The normalized spacial score (nSPS) is 16.4. The van der Waals surface area contributed by atoms with Gasteiger partial charge in [0.2, 0.25) is 5.91 Å². The molecule has 0 bridgehead atoms. The van der Waals surface area contributed by atoms with Crippen molar-refractivity contribution in [2.75, 3.05) is 29.1 Å². The zero-order chi connectivity index (χ0) is 22.9. The Kier molecular flexibility index (Phi) is 6.42. The van der Waals surface area contributed by atoms with E-state index in [9.17, 15) is 9.59 Å². The van der Waals surface area contributed by atoms with Crippen LogP contribution in [-0.2, 0) is 24.2 Å². The summed E-state index contributed by atoms with van der Waals surface area (Å²) in [6, 6.07) is 6.16. The van der Waals surface area contributed by atoms with Gasteiger partial charge in [-0.1, -0.05) is 36.1 Å². The van der Waals surface area contributed by atoms with Crippen molar-refractivity contribution in [3.8, 4) is 0 Å². The number of carbonyl (C=O) groups excluding carboxylic acids is 1. The van der Waals surface area contributed by atoms with Crippen LogP contribution in [0.5, 0.6) is 0 Å². The standard InChI is InChI=1S/C24H29N5O2S2/c1-3-29-22(31)20-21(26-23(33-20)28-11-9-15(2)10-12-28)27-24(29)32-14-19(30)25-18-8-7-16-5-4-6-17(16)13-18/h7-8,13,15H,3-6,9-12,14H2,1-2H3,(H,25,30). The summed E-state index contributed by atoms with van der Waals surface area (Å²) in [5.74, 6) is 0.823. The first-order valence-corrected chi connectivity index (χ1v) is 13.5. The van der Waals surface area contributed by atoms with Crippen molar-refractivity contribution < 1.29 is 4.79 Å². The molecule has 0 spiro atoms. The minimum absolute atomic E-state index is 0.0712. The summed E-state index contributed by atoms with van der Waals surface area (Å²) in [5, 5.41) is 4.41. The molecule has 1 N–H and O–H groups in total. The van der Waals surface area contributed by atoms with E-state index in [0.29, 0.717) is 22.0 Å². The van der Waals surface area contributed by atoms with Crippen molar-refractivity contribution in [3.05, 3.63) is 39.7 Å². The third-order valence-corrected chi connectivity index (χ3v) is 8.62. The van der Waals surface area contributed by atoms with Crippen LogP contribution in [0.2, 0.25) is 0 Å². The maximum Gasteiger partial charge on any atom is 0.273 e. The highest BCUT2D eigenvalue weighted by atomic mass is 32.2. The van der Waals surface area contributed by atoms with Crippen molar-refractivity contribution in [3.63, 3.8) is 0 Å². The van der Waals surface area contributed by atoms with Crippen LogP contribution >= 0.6 is 23.1 Å². The highest BCUT2D eigenvalue weighted by Gasteiger charge is 2.22. The lowest BCUT2D eigenvalue weighted by Crippen LogP contribution is -2.32. The molecular formula is C24H29N5O2S2. The van der Waals surface area contributed by atoms with Crippen LogP contribution in [-0.4, -0.2) is 39.3 Å². The second-order valence-corrected chi connectivity index (χ2v) is 10.9. The molecule has 3 aromatic rings. The summed E-state index contributed by atoms with van der Waals surface area (Å²) in [6.07, 6.45) is 5.66. The maximum atomic E-state index is 13.1. The van der Waals surface area contributed by atoms with Crippen LogP contribution in [0.15, 0.2) is 28.2 Å². The number of piperidine rings is 1. The van der Waals surface area contributed by atoms with Crippen LogP contribution in [0.25, 0.3) is 10.3 Å². The lowest BCUT2D eigenvalue weighted by Gasteiger charge is -2.29. The Morgan fingerprint density at radius 1 is 1.21 bits per heavy atom. The second-order valence-electron chi connectivity index (χ2n) is 8.94. The van der Waals surface area contributed by atoms with Gasteiger partial charge in [0, 0.05) is 25.3 Å². The molecule has 9 heteroatoms. The van der Waals surface area contributed by atoms with Crippen LogP contribution < -0.4 is 15.8 Å². The van der Waals surface area contributed by atoms with Crippen molar-refractivity contribution in [2.24, 2.45) is 5.92 Å². The molecule has 5 rings (SSSR count). The summed E-state index contributed by atoms with van der Waals surface area (Å²) in [4.78, 5) is 37.4. The van der Waals surface area contributed by atoms with E-state index in [4.69, 9.17) is 4.98 Å². The molecule has 1 aliphatic carbocycles. The highest BCUT2D eigenvalue weighted by Crippen LogP contribution is 2.30. The van der Waals surface area contributed by atoms with Gasteiger partial charge < -0.3 is 10.2 Å². The molecule has 0 radical (unpaired) electrons. The number of amides is 1. The van der Waals surface area contributed by atoms with Crippen molar-refractivity contribution >= 4 is 50.2 Å². The number of thioether (sulfide) groups is 1. The van der Waals surface area contributed by atoms with E-state index in [1.54, 1.807) is 4.57 Å². The molecule has 2 aromatic heterocycles. The summed E-state index contributed by atoms with van der Waals surface area (Å²) in [5.41, 5.74) is 3.96. The van der Waals surface area contributed by atoms with Gasteiger partial charge in [0.25, 0.3) is 5.56 Å². The van der Waals surface area contributed by atoms with Crippen molar-refractivity contribution in [2.45, 2.75) is 57.7 Å². The highest BCUT2D eigenvalue weighted by molar-refractivity contribution is 7.99. The quantitative estimate of drug-likeness (QED) is 0.415. The van der Waals surface area contributed by atoms with Crippen LogP contribution in [0.4, 0.5) is 10.8 Å². The van der Waals surface area contributed by atoms with Crippen LogP contribution in [0.1, 0.15) is 44.2 Å². The van der Waals surface area contributed by atoms with Gasteiger partial charge >= 0.3 is 0 Å². The number of hydrogen-bond donors (Lipinski definition) is 1. The average Bonchev–Trinajstić information content (AvgIpc) is 3.45. The third kappa shape index (κ3) is 4.66. The number of anilines is 2. The van der Waals surface area contributed by atoms with E-state index in [0.717, 1.165) is 55.5 Å². The van der Waals surface area contributed by atoms with E-state index in [2.05, 4.69) is 34.3 Å². The van der Waals surface area contributed by atoms with Gasteiger partial charge in [-0.15, -0.1) is 0 Å². The first-order valence-electron chi connectivity index (χ1n) is 11.7. The molecule has 3 heterocycles. The van der Waals surface area contributed by atoms with E-state index >= 15 is 0 Å². The molecule has 2 aliphatic rings. The molecule has 0 atom stereocenters. The van der Waals surface area contributed by atoms with E-state index < -0.39 is 0 Å². The molecule has 1 saturated heterocycles. The summed E-state index contributed by atoms with van der Waals surface area (Å²) in [6.45, 7) is 6.64. The molecule has 174 valence electrons. The minimum Gasteiger partial charge on any atom is -0.348 e. The van der Waals surface area contributed by atoms with Gasteiger partial charge in [-0.25, -0.2) is 4.98 Å². The maximum absolute atomic E-state index is 13.1. The van der Waals surface area contributed by atoms with Gasteiger partial charge in [-0.3, -0.25) is 14.2 Å². The first-order chi connectivity index (χ1) is 16.0. The molecule has 0 saturated carbocycles. The number of carbonyl (C=O) groups is 1. The first kappa shape index (κ1) is 22.4. The summed E-state index contributed by atoms with van der Waals surface area (Å²) in [7, 11) is 0. The number of rotatable bonds is 6. The Labute approximate surface area is 201 Å². The smallest absolute Gasteiger partial charge is 0.273 e. The monoisotopic (exact) mass is 483 g/mol. The third-order valence-electron chi connectivity index (χ3n) is 6.55. The van der Waals surface area contributed by atoms with Gasteiger partial charge in [0.15, 0.2) is 15.9 Å². The number of thiazole rings is 1. The summed E-state index contributed by atoms with van der Waals surface area (Å²) >= 11 is 2.73. The average molecular weight is 484 g/mol. The largest absolute Gasteiger partial charge is 0.348 e. The van der Waals surface area contributed by atoms with Gasteiger partial charge in [0.1, 0.15) is 4.70 Å². The van der Waals surface area contributed by atoms with E-state index in [1.165, 1.54) is 40.6 Å². The number of nitrogens with one attached hydrogen (secondary N) is 1. The molecular weight excluding hydrogens is 454 g/mol. The van der Waals surface area contributed by atoms with Crippen LogP contribution in [0, 0.1) is 5.92 Å². The fourth-order valence-electron chi connectivity index (χ4n) is 4.58. The zero-order valence-corrected chi connectivity index (χ0v) is 20.7. The molecule has 7 nitrogen and oxygen atoms in total. The van der Waals surface area contributed by atoms with Gasteiger partial charge in [-0.2, -0.15) is 4.98 Å². The SMILES string of the molecule is CCn1c(SCC(=O)Nc2ccc3c(c2)CCC3)nc2nc(N3CCC(C)CC3)sc2c1=O. The molecule has 1 amide bonds. The lowest BCUT2D eigenvalue weighted by atomic mass is 10.00. The molecule has 1 aliphatic heterocycles. The second kappa shape index (κ2) is 9.46. The number of fused-ring (bicyclic) bond motifs is 2. The lowest BCUT2D eigenvalue weighted by molar-refractivity contribution is -0.113. The van der Waals surface area contributed by atoms with Crippen LogP contribution in [0.3, 0.4) is 0 Å². The fraction of sp³-hybridized carbons (Fsp3) is 0.500. The molecule has 1 fully saturated rings. The number of aryl methyl sites for hydroxylation is 2. The zero-order valence-electron chi connectivity index (χ0n) is 19.1. The Hall–Kier alpha value is -2.39. The topological polar surface area (TPSA) is 80.1 Å². The predicted octanol–water partition coefficient (Wildman–Crippen LogP) is 4.33. The van der Waals surface area contributed by atoms with E-state index in [-0.39, 0.29) is 17.2 Å². The minimum atomic E-state index is -0.101. The summed E-state index contributed by atoms with van der Waals surface area (Å²) < 4.78 is 2.24. The Bertz CT molecular complexity index is 1240. The predicted molar refractivity (Wildman–Crippen MR) is 136 cm³/mol. The van der Waals surface area contributed by atoms with Gasteiger partial charge in [-0.05, 0) is 68.2 Å². The Morgan fingerprint density at radius 2 is 2.00 bits per heavy atom. The molecule has 33 heavy (non-hydrogen) atoms. The number of benzene rings is 1. The fourth-order valence-corrected chi connectivity index (χ4v) is 6.44. The molecule has 1 aromatic carbocycles. The van der Waals surface area contributed by atoms with Gasteiger partial charge in [0.05, 0.1) is 5.75 Å². The Balaban J connectivity index is 1.32. The van der Waals surface area contributed by atoms with E-state index in [1.807, 2.05) is 13.0 Å². The van der Waals surface area contributed by atoms with Crippen molar-refractivity contribution in [1.82, 2.24) is 14.5 Å². The van der Waals surface area contributed by atoms with Crippen molar-refractivity contribution in [1.29, 1.82) is 0 Å². The number of hydrogen-bond acceptors (Lipinski definition) is 7. The number of nitrogens with zero attached hydrogens (tertiary/aromatic N) is 4. The number of aromatic nitrogens is 3. The molecule has 0 unspecified atom stereocenters. The Morgan fingerprint density at radius 3 is 2.79 bits per heavy atom.